The van der Waals surface area contributed by atoms with Gasteiger partial charge < -0.3 is 10.2 Å². The zero-order valence-corrected chi connectivity index (χ0v) is 9.49. The molecule has 1 unspecified atom stereocenters. The second kappa shape index (κ2) is 5.43. The molecule has 1 saturated heterocycles. The predicted molar refractivity (Wildman–Crippen MR) is 60.9 cm³/mol. The molecule has 13 heavy (non-hydrogen) atoms. The fourth-order valence-corrected chi connectivity index (χ4v) is 2.29. The third-order valence-electron chi connectivity index (χ3n) is 2.72. The van der Waals surface area contributed by atoms with Crippen LogP contribution in [-0.4, -0.2) is 29.6 Å². The van der Waals surface area contributed by atoms with Gasteiger partial charge in [0.25, 0.3) is 0 Å². The largest absolute Gasteiger partial charge is 0.366 e. The summed E-state index contributed by atoms with van der Waals surface area (Å²) in [7, 11) is 1.92. The maximum absolute atomic E-state index is 5.28. The Morgan fingerprint density at radius 2 is 2.31 bits per heavy atom. The molecule has 0 amide bonds. The van der Waals surface area contributed by atoms with Crippen LogP contribution in [0.3, 0.4) is 0 Å². The minimum atomic E-state index is 0.693. The number of piperidine rings is 1. The first-order valence-corrected chi connectivity index (χ1v) is 5.68. The van der Waals surface area contributed by atoms with Crippen LogP contribution in [0.4, 0.5) is 0 Å². The molecule has 76 valence electrons. The first-order chi connectivity index (χ1) is 6.29. The molecule has 0 bridgehead atoms. The number of nitrogens with one attached hydrogen (secondary N) is 1. The van der Waals surface area contributed by atoms with Gasteiger partial charge in [0.15, 0.2) is 5.11 Å². The van der Waals surface area contributed by atoms with Crippen molar-refractivity contribution >= 4 is 17.3 Å². The average Bonchev–Trinajstić information content (AvgIpc) is 2.18. The summed E-state index contributed by atoms with van der Waals surface area (Å²) in [4.78, 5) is 2.36. The van der Waals surface area contributed by atoms with Gasteiger partial charge in [0, 0.05) is 19.6 Å². The highest BCUT2D eigenvalue weighted by atomic mass is 32.1. The molecule has 0 aromatic carbocycles. The standard InChI is InChI=1S/C10H20N2S/c1-3-6-9-7-4-5-8-12(9)10(13)11-2/h9H,3-8H2,1-2H3,(H,11,13). The molecule has 1 aliphatic rings. The van der Waals surface area contributed by atoms with Crippen LogP contribution in [0.2, 0.25) is 0 Å². The Labute approximate surface area is 86.7 Å². The first kappa shape index (κ1) is 10.8. The minimum Gasteiger partial charge on any atom is -0.366 e. The van der Waals surface area contributed by atoms with E-state index in [0.29, 0.717) is 6.04 Å². The Morgan fingerprint density at radius 3 is 2.92 bits per heavy atom. The topological polar surface area (TPSA) is 15.3 Å². The molecule has 0 aliphatic carbocycles. The molecule has 0 aromatic heterocycles. The number of nitrogens with zero attached hydrogens (tertiary/aromatic N) is 1. The van der Waals surface area contributed by atoms with Crippen molar-refractivity contribution in [1.29, 1.82) is 0 Å². The van der Waals surface area contributed by atoms with Crippen LogP contribution in [0.25, 0.3) is 0 Å². The molecule has 1 rings (SSSR count). The Bertz CT molecular complexity index is 168. The minimum absolute atomic E-state index is 0.693. The lowest BCUT2D eigenvalue weighted by molar-refractivity contribution is 0.227. The molecule has 1 heterocycles. The molecule has 2 nitrogen and oxygen atoms in total. The van der Waals surface area contributed by atoms with Gasteiger partial charge in [0.05, 0.1) is 0 Å². The van der Waals surface area contributed by atoms with E-state index in [9.17, 15) is 0 Å². The lowest BCUT2D eigenvalue weighted by Gasteiger charge is -2.37. The lowest BCUT2D eigenvalue weighted by atomic mass is 9.99. The summed E-state index contributed by atoms with van der Waals surface area (Å²) in [6.45, 7) is 3.39. The van der Waals surface area contributed by atoms with Crippen molar-refractivity contribution in [1.82, 2.24) is 10.2 Å². The van der Waals surface area contributed by atoms with Gasteiger partial charge in [0.1, 0.15) is 0 Å². The normalized spacial score (nSPS) is 22.9. The molecular formula is C10H20N2S. The number of thiocarbonyl (C=S) groups is 1. The summed E-state index contributed by atoms with van der Waals surface area (Å²) >= 11 is 5.28. The van der Waals surface area contributed by atoms with Crippen LogP contribution in [0, 0.1) is 0 Å². The van der Waals surface area contributed by atoms with E-state index in [4.69, 9.17) is 12.2 Å². The van der Waals surface area contributed by atoms with Crippen LogP contribution >= 0.6 is 12.2 Å². The summed E-state index contributed by atoms with van der Waals surface area (Å²) in [6.07, 6.45) is 6.51. The van der Waals surface area contributed by atoms with E-state index in [1.54, 1.807) is 0 Å². The summed E-state index contributed by atoms with van der Waals surface area (Å²) in [6, 6.07) is 0.693. The Morgan fingerprint density at radius 1 is 1.54 bits per heavy atom. The van der Waals surface area contributed by atoms with Crippen molar-refractivity contribution in [3.8, 4) is 0 Å². The molecular weight excluding hydrogens is 180 g/mol. The van der Waals surface area contributed by atoms with Crippen molar-refractivity contribution in [2.24, 2.45) is 0 Å². The van der Waals surface area contributed by atoms with E-state index < -0.39 is 0 Å². The summed E-state index contributed by atoms with van der Waals surface area (Å²) in [5.41, 5.74) is 0. The van der Waals surface area contributed by atoms with Crippen LogP contribution in [0.1, 0.15) is 39.0 Å². The molecule has 1 aliphatic heterocycles. The zero-order chi connectivity index (χ0) is 9.68. The highest BCUT2D eigenvalue weighted by Crippen LogP contribution is 2.20. The quantitative estimate of drug-likeness (QED) is 0.688. The van der Waals surface area contributed by atoms with E-state index in [1.165, 1.54) is 32.1 Å². The van der Waals surface area contributed by atoms with Gasteiger partial charge in [-0.05, 0) is 37.9 Å². The third kappa shape index (κ3) is 2.83. The highest BCUT2D eigenvalue weighted by Gasteiger charge is 2.22. The first-order valence-electron chi connectivity index (χ1n) is 5.28. The molecule has 1 atom stereocenters. The van der Waals surface area contributed by atoms with Crippen LogP contribution < -0.4 is 5.32 Å². The second-order valence-corrected chi connectivity index (χ2v) is 4.07. The average molecular weight is 200 g/mol. The van der Waals surface area contributed by atoms with Crippen LogP contribution in [0.5, 0.6) is 0 Å². The fourth-order valence-electron chi connectivity index (χ4n) is 2.04. The van der Waals surface area contributed by atoms with Gasteiger partial charge in [-0.1, -0.05) is 13.3 Å². The molecule has 3 heteroatoms. The third-order valence-corrected chi connectivity index (χ3v) is 3.16. The number of likely N-dealkylation sites (tertiary alicyclic amines) is 1. The number of hydrogen-bond donors (Lipinski definition) is 1. The van der Waals surface area contributed by atoms with Gasteiger partial charge in [-0.2, -0.15) is 0 Å². The van der Waals surface area contributed by atoms with Gasteiger partial charge in [0.2, 0.25) is 0 Å². The van der Waals surface area contributed by atoms with Gasteiger partial charge in [-0.25, -0.2) is 0 Å². The van der Waals surface area contributed by atoms with Crippen molar-refractivity contribution in [2.45, 2.75) is 45.1 Å². The van der Waals surface area contributed by atoms with Gasteiger partial charge >= 0.3 is 0 Å². The van der Waals surface area contributed by atoms with E-state index >= 15 is 0 Å². The molecule has 0 aromatic rings. The summed E-state index contributed by atoms with van der Waals surface area (Å²) < 4.78 is 0. The van der Waals surface area contributed by atoms with E-state index in [-0.39, 0.29) is 0 Å². The van der Waals surface area contributed by atoms with Gasteiger partial charge in [-0.3, -0.25) is 0 Å². The molecule has 0 saturated carbocycles. The van der Waals surface area contributed by atoms with E-state index in [2.05, 4.69) is 17.1 Å². The lowest BCUT2D eigenvalue weighted by Crippen LogP contribution is -2.47. The summed E-state index contributed by atoms with van der Waals surface area (Å²) in [5, 5.41) is 4.01. The maximum atomic E-state index is 5.28. The second-order valence-electron chi connectivity index (χ2n) is 3.69. The monoisotopic (exact) mass is 200 g/mol. The Kier molecular flexibility index (Phi) is 4.50. The number of rotatable bonds is 2. The van der Waals surface area contributed by atoms with Gasteiger partial charge in [-0.15, -0.1) is 0 Å². The van der Waals surface area contributed by atoms with Crippen LogP contribution in [-0.2, 0) is 0 Å². The maximum Gasteiger partial charge on any atom is 0.168 e. The van der Waals surface area contributed by atoms with Crippen molar-refractivity contribution in [2.75, 3.05) is 13.6 Å². The summed E-state index contributed by atoms with van der Waals surface area (Å²) in [5.74, 6) is 0. The van der Waals surface area contributed by atoms with E-state index in [0.717, 1.165) is 11.7 Å². The van der Waals surface area contributed by atoms with Crippen molar-refractivity contribution < 1.29 is 0 Å². The Balaban J connectivity index is 2.50. The molecule has 1 fully saturated rings. The van der Waals surface area contributed by atoms with E-state index in [1.807, 2.05) is 7.05 Å². The molecule has 0 radical (unpaired) electrons. The fraction of sp³-hybridized carbons (Fsp3) is 0.900. The number of hydrogen-bond acceptors (Lipinski definition) is 1. The van der Waals surface area contributed by atoms with Crippen LogP contribution in [0.15, 0.2) is 0 Å². The van der Waals surface area contributed by atoms with Crippen molar-refractivity contribution in [3.63, 3.8) is 0 Å². The zero-order valence-electron chi connectivity index (χ0n) is 8.68. The predicted octanol–water partition coefficient (Wildman–Crippen LogP) is 2.15. The Hall–Kier alpha value is -0.310. The molecule has 0 spiro atoms. The highest BCUT2D eigenvalue weighted by molar-refractivity contribution is 7.80. The molecule has 1 N–H and O–H groups in total. The smallest absolute Gasteiger partial charge is 0.168 e. The SMILES string of the molecule is CCCC1CCCCN1C(=S)NC. The van der Waals surface area contributed by atoms with Crippen molar-refractivity contribution in [3.05, 3.63) is 0 Å².